The molecule has 0 fully saturated rings. The molecule has 4 aromatic carbocycles. The summed E-state index contributed by atoms with van der Waals surface area (Å²) < 4.78 is 0. The summed E-state index contributed by atoms with van der Waals surface area (Å²) in [5, 5.41) is 12.5. The van der Waals surface area contributed by atoms with Crippen molar-refractivity contribution in [3.8, 4) is 0 Å². The molecule has 0 amide bonds. The molecule has 5 nitrogen and oxygen atoms in total. The number of nitro groups is 1. The maximum absolute atomic E-state index is 12.5. The first kappa shape index (κ1) is 26.3. The van der Waals surface area contributed by atoms with Crippen LogP contribution in [0.3, 0.4) is 0 Å². The molecular formula is C37H35N3O2. The number of non-ortho nitro benzene ring substituents is 1. The van der Waals surface area contributed by atoms with Crippen molar-refractivity contribution in [3.63, 3.8) is 0 Å². The van der Waals surface area contributed by atoms with E-state index in [1.54, 1.807) is 12.1 Å². The number of hydrogen-bond acceptors (Lipinski definition) is 4. The van der Waals surface area contributed by atoms with Gasteiger partial charge in [0.1, 0.15) is 0 Å². The highest BCUT2D eigenvalue weighted by Crippen LogP contribution is 2.56. The average Bonchev–Trinajstić information content (AvgIpc) is 2.97. The Morgan fingerprint density at radius 1 is 0.714 bits per heavy atom. The van der Waals surface area contributed by atoms with E-state index in [1.165, 1.54) is 22.4 Å². The van der Waals surface area contributed by atoms with Gasteiger partial charge in [-0.3, -0.25) is 10.1 Å². The van der Waals surface area contributed by atoms with Crippen molar-refractivity contribution in [2.24, 2.45) is 11.8 Å². The number of nitro benzene ring substituents is 1. The maximum atomic E-state index is 12.5. The van der Waals surface area contributed by atoms with Crippen LogP contribution in [0.2, 0.25) is 0 Å². The van der Waals surface area contributed by atoms with Gasteiger partial charge >= 0.3 is 0 Å². The summed E-state index contributed by atoms with van der Waals surface area (Å²) >= 11 is 0. The van der Waals surface area contributed by atoms with Crippen LogP contribution in [0.1, 0.15) is 51.3 Å². The van der Waals surface area contributed by atoms with Gasteiger partial charge in [-0.15, -0.1) is 0 Å². The molecule has 2 aliphatic heterocycles. The highest BCUT2D eigenvalue weighted by atomic mass is 16.6. The number of rotatable bonds is 3. The number of nitrogens with zero attached hydrogens (tertiary/aromatic N) is 3. The third kappa shape index (κ3) is 3.69. The van der Waals surface area contributed by atoms with E-state index in [0.29, 0.717) is 5.92 Å². The molecule has 0 aromatic heterocycles. The summed E-state index contributed by atoms with van der Waals surface area (Å²) in [6.45, 7) is 11.4. The fourth-order valence-corrected chi connectivity index (χ4v) is 7.75. The minimum atomic E-state index is -0.270. The van der Waals surface area contributed by atoms with E-state index in [2.05, 4.69) is 129 Å². The second-order valence-electron chi connectivity index (χ2n) is 12.8. The minimum absolute atomic E-state index is 0.0705. The molecule has 210 valence electrons. The first-order chi connectivity index (χ1) is 20.1. The minimum Gasteiger partial charge on any atom is -0.313 e. The van der Waals surface area contributed by atoms with Crippen LogP contribution in [-0.4, -0.2) is 4.92 Å². The van der Waals surface area contributed by atoms with Crippen molar-refractivity contribution in [2.45, 2.75) is 45.4 Å². The highest BCUT2D eigenvalue weighted by molar-refractivity contribution is 5.89. The lowest BCUT2D eigenvalue weighted by molar-refractivity contribution is -0.384. The molecule has 0 bridgehead atoms. The molecule has 42 heavy (non-hydrogen) atoms. The molecule has 1 aliphatic carbocycles. The SMILES string of the molecule is CC1C=CC=C2C1C(C)(C)c1ccccc1N2c1cc(N2c3ccccc3C(C)(C)c3ccccc32)cc([N+](=O)[O-])c1. The van der Waals surface area contributed by atoms with Crippen LogP contribution < -0.4 is 9.80 Å². The fraction of sp³-hybridized carbons (Fsp3) is 0.243. The number of hydrogen-bond donors (Lipinski definition) is 0. The van der Waals surface area contributed by atoms with E-state index < -0.39 is 0 Å². The van der Waals surface area contributed by atoms with Crippen molar-refractivity contribution in [1.29, 1.82) is 0 Å². The molecule has 2 unspecified atom stereocenters. The fourth-order valence-electron chi connectivity index (χ4n) is 7.75. The number of para-hydroxylation sites is 3. The van der Waals surface area contributed by atoms with Gasteiger partial charge in [0.2, 0.25) is 0 Å². The first-order valence-corrected chi connectivity index (χ1v) is 14.7. The van der Waals surface area contributed by atoms with Gasteiger partial charge in [0, 0.05) is 40.3 Å². The van der Waals surface area contributed by atoms with Crippen molar-refractivity contribution in [1.82, 2.24) is 0 Å². The Kier molecular flexibility index (Phi) is 5.74. The van der Waals surface area contributed by atoms with Gasteiger partial charge in [-0.05, 0) is 52.9 Å². The molecule has 7 rings (SSSR count). The molecule has 4 aromatic rings. The molecule has 2 heterocycles. The Morgan fingerprint density at radius 3 is 1.79 bits per heavy atom. The first-order valence-electron chi connectivity index (χ1n) is 14.7. The predicted molar refractivity (Wildman–Crippen MR) is 171 cm³/mol. The molecular weight excluding hydrogens is 518 g/mol. The van der Waals surface area contributed by atoms with Gasteiger partial charge in [-0.1, -0.05) is 101 Å². The monoisotopic (exact) mass is 553 g/mol. The van der Waals surface area contributed by atoms with Crippen LogP contribution >= 0.6 is 0 Å². The van der Waals surface area contributed by atoms with Gasteiger partial charge in [0.15, 0.2) is 0 Å². The van der Waals surface area contributed by atoms with Gasteiger partial charge in [-0.25, -0.2) is 0 Å². The van der Waals surface area contributed by atoms with Crippen molar-refractivity contribution in [3.05, 3.63) is 142 Å². The molecule has 2 atom stereocenters. The summed E-state index contributed by atoms with van der Waals surface area (Å²) in [6.07, 6.45) is 6.59. The van der Waals surface area contributed by atoms with Gasteiger partial charge in [0.25, 0.3) is 5.69 Å². The quantitative estimate of drug-likeness (QED) is 0.187. The molecule has 0 saturated carbocycles. The number of fused-ring (bicyclic) bond motifs is 4. The zero-order chi connectivity index (χ0) is 29.4. The van der Waals surface area contributed by atoms with Crippen molar-refractivity contribution in [2.75, 3.05) is 9.80 Å². The zero-order valence-corrected chi connectivity index (χ0v) is 24.7. The zero-order valence-electron chi connectivity index (χ0n) is 24.7. The Bertz CT molecular complexity index is 1770. The summed E-state index contributed by atoms with van der Waals surface area (Å²) in [6, 6.07) is 30.9. The van der Waals surface area contributed by atoms with E-state index in [-0.39, 0.29) is 27.4 Å². The summed E-state index contributed by atoms with van der Waals surface area (Å²) in [7, 11) is 0. The van der Waals surface area contributed by atoms with Crippen LogP contribution in [0.4, 0.5) is 34.1 Å². The van der Waals surface area contributed by atoms with Crippen molar-refractivity contribution < 1.29 is 4.92 Å². The Balaban J connectivity index is 1.50. The van der Waals surface area contributed by atoms with Gasteiger partial charge in [0.05, 0.1) is 27.7 Å². The van der Waals surface area contributed by atoms with Gasteiger partial charge < -0.3 is 9.80 Å². The Labute approximate surface area is 247 Å². The van der Waals surface area contributed by atoms with E-state index in [1.807, 2.05) is 12.1 Å². The lowest BCUT2D eigenvalue weighted by Gasteiger charge is -2.50. The normalized spacial score (nSPS) is 21.0. The van der Waals surface area contributed by atoms with Crippen LogP contribution in [-0.2, 0) is 10.8 Å². The summed E-state index contributed by atoms with van der Waals surface area (Å²) in [4.78, 5) is 16.7. The Morgan fingerprint density at radius 2 is 1.21 bits per heavy atom. The van der Waals surface area contributed by atoms with Crippen LogP contribution in [0, 0.1) is 22.0 Å². The third-order valence-corrected chi connectivity index (χ3v) is 9.65. The Hall–Kier alpha value is -4.64. The lowest BCUT2D eigenvalue weighted by atomic mass is 9.62. The molecule has 0 saturated heterocycles. The average molecular weight is 554 g/mol. The molecule has 0 N–H and O–H groups in total. The number of anilines is 5. The second kappa shape index (κ2) is 9.18. The smallest absolute Gasteiger partial charge is 0.273 e. The highest BCUT2D eigenvalue weighted by Gasteiger charge is 2.46. The summed E-state index contributed by atoms with van der Waals surface area (Å²) in [5.74, 6) is 0.537. The third-order valence-electron chi connectivity index (χ3n) is 9.65. The molecule has 3 aliphatic rings. The predicted octanol–water partition coefficient (Wildman–Crippen LogP) is 9.84. The van der Waals surface area contributed by atoms with E-state index in [9.17, 15) is 10.1 Å². The van der Waals surface area contributed by atoms with Crippen LogP contribution in [0.5, 0.6) is 0 Å². The van der Waals surface area contributed by atoms with Gasteiger partial charge in [-0.2, -0.15) is 0 Å². The standard InChI is InChI=1S/C37H35N3O2/c1-24-13-12-20-34-35(24)37(4,5)30-16-8-11-19-33(30)39(34)26-21-25(22-27(23-26)40(41)42)38-31-17-9-6-14-28(31)36(2,3)29-15-7-10-18-32(29)38/h6-24,35H,1-5H3. The maximum Gasteiger partial charge on any atom is 0.273 e. The molecule has 5 heteroatoms. The molecule has 0 spiro atoms. The largest absolute Gasteiger partial charge is 0.313 e. The lowest BCUT2D eigenvalue weighted by Crippen LogP contribution is -2.45. The molecule has 0 radical (unpaired) electrons. The number of allylic oxidation sites excluding steroid dienone is 4. The van der Waals surface area contributed by atoms with Crippen LogP contribution in [0.25, 0.3) is 0 Å². The topological polar surface area (TPSA) is 49.6 Å². The number of benzene rings is 4. The van der Waals surface area contributed by atoms with E-state index in [4.69, 9.17) is 0 Å². The second-order valence-corrected chi connectivity index (χ2v) is 12.8. The van der Waals surface area contributed by atoms with Crippen molar-refractivity contribution >= 4 is 34.1 Å². The summed E-state index contributed by atoms with van der Waals surface area (Å²) in [5.41, 5.74) is 9.26. The van der Waals surface area contributed by atoms with Crippen LogP contribution in [0.15, 0.2) is 115 Å². The van der Waals surface area contributed by atoms with E-state index >= 15 is 0 Å². The van der Waals surface area contributed by atoms with E-state index in [0.717, 1.165) is 28.4 Å².